The molecule has 7 heteroatoms. The molecule has 31 heavy (non-hydrogen) atoms. The predicted octanol–water partition coefficient (Wildman–Crippen LogP) is 6.12. The van der Waals surface area contributed by atoms with E-state index < -0.39 is 13.1 Å². The summed E-state index contributed by atoms with van der Waals surface area (Å²) in [6.45, 7) is 0. The van der Waals surface area contributed by atoms with Crippen molar-refractivity contribution in [3.8, 4) is 22.6 Å². The first kappa shape index (κ1) is 21.2. The number of rotatable bonds is 7. The minimum absolute atomic E-state index is 0.0715. The van der Waals surface area contributed by atoms with Crippen LogP contribution in [0.15, 0.2) is 91.0 Å². The average Bonchev–Trinajstić information content (AvgIpc) is 3.23. The van der Waals surface area contributed by atoms with E-state index in [1.54, 1.807) is 6.07 Å². The molecule has 0 aliphatic carbocycles. The largest absolute Gasteiger partial charge is 0.457 e. The van der Waals surface area contributed by atoms with Gasteiger partial charge in [-0.2, -0.15) is 0 Å². The van der Waals surface area contributed by atoms with Crippen LogP contribution in [-0.2, 0) is 11.0 Å². The fraction of sp³-hybridized carbons (Fsp3) is 0.0417. The molecule has 0 bridgehead atoms. The van der Waals surface area contributed by atoms with E-state index in [-0.39, 0.29) is 4.88 Å². The number of carbonyl (C=O) groups excluding carboxylic acids is 1. The highest BCUT2D eigenvalue weighted by molar-refractivity contribution is 7.71. The molecule has 0 atom stereocenters. The van der Waals surface area contributed by atoms with Crippen molar-refractivity contribution in [2.24, 2.45) is 0 Å². The van der Waals surface area contributed by atoms with E-state index in [9.17, 15) is 9.36 Å². The second kappa shape index (κ2) is 9.00. The van der Waals surface area contributed by atoms with Gasteiger partial charge in [0.05, 0.1) is 4.88 Å². The number of benzene rings is 3. The Morgan fingerprint density at radius 3 is 1.97 bits per heavy atom. The van der Waals surface area contributed by atoms with Gasteiger partial charge < -0.3 is 14.5 Å². The summed E-state index contributed by atoms with van der Waals surface area (Å²) >= 11 is 1.10. The van der Waals surface area contributed by atoms with Crippen LogP contribution < -0.4 is 4.74 Å². The number of hydrogen-bond donors (Lipinski definition) is 2. The van der Waals surface area contributed by atoms with Gasteiger partial charge >= 0.3 is 7.60 Å². The molecule has 1 aromatic heterocycles. The van der Waals surface area contributed by atoms with Gasteiger partial charge in [0.1, 0.15) is 11.5 Å². The Labute approximate surface area is 183 Å². The molecule has 156 valence electrons. The maximum atomic E-state index is 11.7. The molecular formula is C24H19O5PS. The first-order chi connectivity index (χ1) is 14.9. The van der Waals surface area contributed by atoms with E-state index in [1.807, 2.05) is 66.7 Å². The quantitative estimate of drug-likeness (QED) is 0.332. The lowest BCUT2D eigenvalue weighted by molar-refractivity contribution is 0.104. The number of hydrogen-bond acceptors (Lipinski definition) is 4. The van der Waals surface area contributed by atoms with Gasteiger partial charge in [-0.1, -0.05) is 54.6 Å². The van der Waals surface area contributed by atoms with E-state index in [1.165, 1.54) is 6.07 Å². The van der Waals surface area contributed by atoms with Gasteiger partial charge in [-0.05, 0) is 53.1 Å². The summed E-state index contributed by atoms with van der Waals surface area (Å²) in [5, 5.41) is 0. The Balaban J connectivity index is 1.39. The van der Waals surface area contributed by atoms with Crippen molar-refractivity contribution in [2.45, 2.75) is 6.42 Å². The van der Waals surface area contributed by atoms with E-state index in [4.69, 9.17) is 14.5 Å². The third-order valence-electron chi connectivity index (χ3n) is 4.64. The van der Waals surface area contributed by atoms with Crippen LogP contribution in [0.4, 0.5) is 0 Å². The van der Waals surface area contributed by atoms with Crippen LogP contribution in [0.3, 0.4) is 0 Å². The van der Waals surface area contributed by atoms with Gasteiger partial charge in [-0.3, -0.25) is 9.36 Å². The number of carbonyl (C=O) groups is 1. The molecule has 0 saturated carbocycles. The molecule has 4 aromatic rings. The molecule has 3 aromatic carbocycles. The molecule has 0 aliphatic rings. The van der Waals surface area contributed by atoms with Crippen LogP contribution in [0.25, 0.3) is 11.1 Å². The van der Waals surface area contributed by atoms with Crippen LogP contribution in [0.5, 0.6) is 11.5 Å². The zero-order chi connectivity index (χ0) is 21.8. The highest BCUT2D eigenvalue weighted by atomic mass is 32.1. The lowest BCUT2D eigenvalue weighted by Gasteiger charge is -2.08. The Kier molecular flexibility index (Phi) is 6.16. The highest BCUT2D eigenvalue weighted by Crippen LogP contribution is 2.41. The zero-order valence-corrected chi connectivity index (χ0v) is 18.1. The Morgan fingerprint density at radius 2 is 1.35 bits per heavy atom. The van der Waals surface area contributed by atoms with Crippen molar-refractivity contribution < 1.29 is 23.9 Å². The standard InChI is InChI=1S/C24H19O5PS/c25-24(30(26,27)28)23-15-14-22(31-23)16-17-6-10-20(11-7-17)29-21-12-8-19(9-13-21)18-4-2-1-3-5-18/h1-15H,16H2,(H2,26,27,28). The summed E-state index contributed by atoms with van der Waals surface area (Å²) in [5.41, 5.74) is 2.14. The fourth-order valence-corrected chi connectivity index (χ4v) is 4.83. The lowest BCUT2D eigenvalue weighted by Crippen LogP contribution is -1.96. The SMILES string of the molecule is O=C(c1ccc(Cc2ccc(Oc3ccc(-c4ccccc4)cc3)cc2)s1)P(=O)(O)O. The summed E-state index contributed by atoms with van der Waals surface area (Å²) in [4.78, 5) is 30.6. The minimum Gasteiger partial charge on any atom is -0.457 e. The van der Waals surface area contributed by atoms with Gasteiger partial charge in [0.15, 0.2) is 0 Å². The van der Waals surface area contributed by atoms with Crippen molar-refractivity contribution in [3.63, 3.8) is 0 Å². The molecule has 0 radical (unpaired) electrons. The molecule has 0 unspecified atom stereocenters. The first-order valence-electron chi connectivity index (χ1n) is 9.50. The first-order valence-corrected chi connectivity index (χ1v) is 11.9. The second-order valence-corrected chi connectivity index (χ2v) is 9.59. The van der Waals surface area contributed by atoms with E-state index in [0.29, 0.717) is 12.2 Å². The molecule has 0 amide bonds. The molecule has 4 rings (SSSR count). The van der Waals surface area contributed by atoms with Crippen LogP contribution >= 0.6 is 18.9 Å². The van der Waals surface area contributed by atoms with Crippen molar-refractivity contribution in [1.82, 2.24) is 0 Å². The second-order valence-electron chi connectivity index (χ2n) is 6.93. The smallest absolute Gasteiger partial charge is 0.397 e. The lowest BCUT2D eigenvalue weighted by atomic mass is 10.1. The molecule has 0 spiro atoms. The van der Waals surface area contributed by atoms with Crippen LogP contribution in [0, 0.1) is 0 Å². The molecule has 0 saturated heterocycles. The van der Waals surface area contributed by atoms with E-state index in [2.05, 4.69) is 12.1 Å². The zero-order valence-electron chi connectivity index (χ0n) is 16.3. The van der Waals surface area contributed by atoms with Crippen LogP contribution in [-0.4, -0.2) is 15.3 Å². The maximum Gasteiger partial charge on any atom is 0.397 e. The van der Waals surface area contributed by atoms with Gasteiger partial charge in [0, 0.05) is 11.3 Å². The van der Waals surface area contributed by atoms with Crippen LogP contribution in [0.2, 0.25) is 0 Å². The Morgan fingerprint density at radius 1 is 0.774 bits per heavy atom. The fourth-order valence-electron chi connectivity index (χ4n) is 3.09. The topological polar surface area (TPSA) is 83.8 Å². The van der Waals surface area contributed by atoms with Crippen molar-refractivity contribution in [2.75, 3.05) is 0 Å². The Hall–Kier alpha value is -3.02. The summed E-state index contributed by atoms with van der Waals surface area (Å²) in [6.07, 6.45) is 0.561. The molecule has 1 heterocycles. The van der Waals surface area contributed by atoms with Gasteiger partial charge in [0.25, 0.3) is 5.52 Å². The third kappa shape index (κ3) is 5.37. The molecule has 2 N–H and O–H groups in total. The normalized spacial score (nSPS) is 11.3. The predicted molar refractivity (Wildman–Crippen MR) is 122 cm³/mol. The number of ether oxygens (including phenoxy) is 1. The van der Waals surface area contributed by atoms with E-state index >= 15 is 0 Å². The number of thiophene rings is 1. The highest BCUT2D eigenvalue weighted by Gasteiger charge is 2.28. The minimum atomic E-state index is -4.75. The van der Waals surface area contributed by atoms with Crippen LogP contribution in [0.1, 0.15) is 20.1 Å². The summed E-state index contributed by atoms with van der Waals surface area (Å²) in [7, 11) is -4.75. The molecular weight excluding hydrogens is 431 g/mol. The molecule has 0 fully saturated rings. The van der Waals surface area contributed by atoms with Gasteiger partial charge in [0.2, 0.25) is 0 Å². The van der Waals surface area contributed by atoms with Crippen molar-refractivity contribution in [3.05, 3.63) is 106 Å². The maximum absolute atomic E-state index is 11.7. The van der Waals surface area contributed by atoms with E-state index in [0.717, 1.165) is 38.7 Å². The van der Waals surface area contributed by atoms with Gasteiger partial charge in [-0.25, -0.2) is 0 Å². The molecule has 5 nitrogen and oxygen atoms in total. The van der Waals surface area contributed by atoms with Crippen molar-refractivity contribution >= 4 is 24.5 Å². The summed E-state index contributed by atoms with van der Waals surface area (Å²) in [5.74, 6) is 1.45. The Bertz CT molecular complexity index is 1230. The molecule has 0 aliphatic heterocycles. The third-order valence-corrected chi connectivity index (χ3v) is 6.64. The average molecular weight is 450 g/mol. The monoisotopic (exact) mass is 450 g/mol. The summed E-state index contributed by atoms with van der Waals surface area (Å²) in [6, 6.07) is 28.8. The van der Waals surface area contributed by atoms with Gasteiger partial charge in [-0.15, -0.1) is 11.3 Å². The van der Waals surface area contributed by atoms with Crippen molar-refractivity contribution in [1.29, 1.82) is 0 Å². The summed E-state index contributed by atoms with van der Waals surface area (Å²) < 4.78 is 17.0.